The van der Waals surface area contributed by atoms with E-state index in [1.165, 1.54) is 0 Å². The van der Waals surface area contributed by atoms with Crippen molar-refractivity contribution < 1.29 is 14.6 Å². The van der Waals surface area contributed by atoms with Gasteiger partial charge in [-0.25, -0.2) is 15.0 Å². The first-order valence-electron chi connectivity index (χ1n) is 10.8. The third-order valence-electron chi connectivity index (χ3n) is 5.80. The SMILES string of the molecule is Cc1ccc(-c2c(CC(=O)O)c(C)cc3nc(-c4ccnc(C5=CCOCC5)n4)sc23)cc1. The third-order valence-corrected chi connectivity index (χ3v) is 6.92. The molecule has 0 unspecified atom stereocenters. The first-order valence-corrected chi connectivity index (χ1v) is 11.6. The smallest absolute Gasteiger partial charge is 0.307 e. The fraction of sp³-hybridized carbons (Fsp3) is 0.231. The minimum atomic E-state index is -0.847. The number of carboxylic acids is 1. The van der Waals surface area contributed by atoms with Gasteiger partial charge >= 0.3 is 5.97 Å². The zero-order chi connectivity index (χ0) is 22.9. The number of hydrogen-bond donors (Lipinski definition) is 1. The van der Waals surface area contributed by atoms with Crippen LogP contribution in [0, 0.1) is 13.8 Å². The van der Waals surface area contributed by atoms with Crippen LogP contribution in [0.1, 0.15) is 28.9 Å². The topological polar surface area (TPSA) is 85.2 Å². The maximum absolute atomic E-state index is 11.7. The summed E-state index contributed by atoms with van der Waals surface area (Å²) in [6, 6.07) is 12.1. The molecule has 0 amide bonds. The van der Waals surface area contributed by atoms with E-state index < -0.39 is 5.97 Å². The Balaban J connectivity index is 1.68. The van der Waals surface area contributed by atoms with Crippen LogP contribution in [-0.2, 0) is 16.0 Å². The molecule has 0 fully saturated rings. The Hall–Kier alpha value is -3.42. The second-order valence-corrected chi connectivity index (χ2v) is 9.17. The minimum Gasteiger partial charge on any atom is -0.481 e. The number of carboxylic acid groups (broad SMARTS) is 1. The predicted molar refractivity (Wildman–Crippen MR) is 130 cm³/mol. The lowest BCUT2D eigenvalue weighted by molar-refractivity contribution is -0.136. The molecule has 2 aromatic carbocycles. The zero-order valence-corrected chi connectivity index (χ0v) is 19.3. The van der Waals surface area contributed by atoms with Crippen molar-refractivity contribution in [2.45, 2.75) is 26.7 Å². The van der Waals surface area contributed by atoms with Crippen molar-refractivity contribution in [1.29, 1.82) is 0 Å². The third kappa shape index (κ3) is 4.29. The summed E-state index contributed by atoms with van der Waals surface area (Å²) in [5.74, 6) is -0.141. The highest BCUT2D eigenvalue weighted by molar-refractivity contribution is 7.22. The molecule has 6 nitrogen and oxygen atoms in total. The largest absolute Gasteiger partial charge is 0.481 e. The average molecular weight is 458 g/mol. The van der Waals surface area contributed by atoms with Gasteiger partial charge in [-0.3, -0.25) is 4.79 Å². The van der Waals surface area contributed by atoms with Crippen molar-refractivity contribution in [2.24, 2.45) is 0 Å². The number of thiazole rings is 1. The number of ether oxygens (including phenoxy) is 1. The molecule has 1 aliphatic heterocycles. The monoisotopic (exact) mass is 457 g/mol. The van der Waals surface area contributed by atoms with Crippen LogP contribution in [0.25, 0.3) is 37.6 Å². The Labute approximate surface area is 195 Å². The first kappa shape index (κ1) is 21.4. The molecule has 3 heterocycles. The summed E-state index contributed by atoms with van der Waals surface area (Å²) in [4.78, 5) is 25.8. The van der Waals surface area contributed by atoms with Crippen molar-refractivity contribution in [3.05, 3.63) is 71.2 Å². The molecule has 1 N–H and O–H groups in total. The molecule has 0 spiro atoms. The number of fused-ring (bicyclic) bond motifs is 1. The number of rotatable bonds is 5. The lowest BCUT2D eigenvalue weighted by Crippen LogP contribution is -2.06. The molecule has 5 rings (SSSR count). The van der Waals surface area contributed by atoms with Crippen LogP contribution in [0.2, 0.25) is 0 Å². The van der Waals surface area contributed by atoms with Crippen LogP contribution in [-0.4, -0.2) is 39.2 Å². The normalized spacial score (nSPS) is 13.8. The van der Waals surface area contributed by atoms with Gasteiger partial charge < -0.3 is 9.84 Å². The number of hydrogen-bond acceptors (Lipinski definition) is 6. The average Bonchev–Trinajstić information content (AvgIpc) is 3.24. The Morgan fingerprint density at radius 1 is 1.15 bits per heavy atom. The minimum absolute atomic E-state index is 0.0356. The van der Waals surface area contributed by atoms with Gasteiger partial charge in [-0.2, -0.15) is 0 Å². The van der Waals surface area contributed by atoms with Crippen molar-refractivity contribution in [1.82, 2.24) is 15.0 Å². The second kappa shape index (κ2) is 8.84. The van der Waals surface area contributed by atoms with Crippen LogP contribution < -0.4 is 0 Å². The van der Waals surface area contributed by atoms with Crippen LogP contribution >= 0.6 is 11.3 Å². The van der Waals surface area contributed by atoms with Gasteiger partial charge in [0, 0.05) is 11.8 Å². The van der Waals surface area contributed by atoms with E-state index in [1.807, 2.05) is 44.2 Å². The molecule has 0 radical (unpaired) electrons. The highest BCUT2D eigenvalue weighted by atomic mass is 32.1. The van der Waals surface area contributed by atoms with Gasteiger partial charge in [0.2, 0.25) is 0 Å². The molecule has 0 atom stereocenters. The second-order valence-electron chi connectivity index (χ2n) is 8.17. The van der Waals surface area contributed by atoms with Crippen LogP contribution in [0.4, 0.5) is 0 Å². The Morgan fingerprint density at radius 3 is 2.70 bits per heavy atom. The van der Waals surface area contributed by atoms with E-state index in [-0.39, 0.29) is 6.42 Å². The van der Waals surface area contributed by atoms with Crippen molar-refractivity contribution >= 4 is 33.1 Å². The van der Waals surface area contributed by atoms with Crippen LogP contribution in [0.3, 0.4) is 0 Å². The van der Waals surface area contributed by atoms with E-state index in [4.69, 9.17) is 14.7 Å². The Kier molecular flexibility index (Phi) is 5.74. The number of carbonyl (C=O) groups is 1. The van der Waals surface area contributed by atoms with E-state index in [1.54, 1.807) is 17.5 Å². The predicted octanol–water partition coefficient (Wildman–Crippen LogP) is 5.47. The summed E-state index contributed by atoms with van der Waals surface area (Å²) in [5, 5.41) is 10.4. The molecule has 0 saturated heterocycles. The molecule has 4 aromatic rings. The van der Waals surface area contributed by atoms with Gasteiger partial charge in [0.05, 0.1) is 29.9 Å². The summed E-state index contributed by atoms with van der Waals surface area (Å²) in [5.41, 5.74) is 7.54. The van der Waals surface area contributed by atoms with E-state index in [9.17, 15) is 9.90 Å². The summed E-state index contributed by atoms with van der Waals surface area (Å²) < 4.78 is 6.38. The van der Waals surface area contributed by atoms with Crippen LogP contribution in [0.15, 0.2) is 48.7 Å². The fourth-order valence-electron chi connectivity index (χ4n) is 4.11. The van der Waals surface area contributed by atoms with Gasteiger partial charge in [-0.1, -0.05) is 35.9 Å². The van der Waals surface area contributed by atoms with Gasteiger partial charge in [0.15, 0.2) is 5.82 Å². The Morgan fingerprint density at radius 2 is 1.97 bits per heavy atom. The number of benzene rings is 2. The number of aromatic nitrogens is 3. The van der Waals surface area contributed by atoms with Crippen molar-refractivity contribution in [3.8, 4) is 21.8 Å². The highest BCUT2D eigenvalue weighted by Crippen LogP contribution is 2.40. The van der Waals surface area contributed by atoms with E-state index >= 15 is 0 Å². The van der Waals surface area contributed by atoms with E-state index in [0.29, 0.717) is 19.0 Å². The number of aryl methyl sites for hydroxylation is 2. The first-order chi connectivity index (χ1) is 16.0. The summed E-state index contributed by atoms with van der Waals surface area (Å²) in [6.45, 7) is 5.25. The summed E-state index contributed by atoms with van der Waals surface area (Å²) in [6.07, 6.45) is 4.55. The van der Waals surface area contributed by atoms with Crippen molar-refractivity contribution in [2.75, 3.05) is 13.2 Å². The fourth-order valence-corrected chi connectivity index (χ4v) is 5.22. The molecule has 2 aromatic heterocycles. The molecule has 33 heavy (non-hydrogen) atoms. The van der Waals surface area contributed by atoms with Gasteiger partial charge in [-0.05, 0) is 54.7 Å². The van der Waals surface area contributed by atoms with Crippen molar-refractivity contribution in [3.63, 3.8) is 0 Å². The highest BCUT2D eigenvalue weighted by Gasteiger charge is 2.20. The molecule has 0 saturated carbocycles. The standard InChI is InChI=1S/C26H23N3O3S/c1-15-3-5-17(6-4-15)23-19(14-22(30)31)16(2)13-21-24(23)33-26(29-21)20-7-10-27-25(28-20)18-8-11-32-12-9-18/h3-8,10,13H,9,11-12,14H2,1-2H3,(H,30,31). The lowest BCUT2D eigenvalue weighted by atomic mass is 9.93. The van der Waals surface area contributed by atoms with Gasteiger partial charge in [0.25, 0.3) is 0 Å². The van der Waals surface area contributed by atoms with Gasteiger partial charge in [-0.15, -0.1) is 11.3 Å². The number of aliphatic carboxylic acids is 1. The Bertz CT molecular complexity index is 1390. The van der Waals surface area contributed by atoms with Crippen LogP contribution in [0.5, 0.6) is 0 Å². The molecular formula is C26H23N3O3S. The molecule has 0 aliphatic carbocycles. The lowest BCUT2D eigenvalue weighted by Gasteiger charge is -2.13. The molecule has 0 bridgehead atoms. The number of nitrogens with zero attached hydrogens (tertiary/aromatic N) is 3. The summed E-state index contributed by atoms with van der Waals surface area (Å²) >= 11 is 1.54. The molecule has 166 valence electrons. The molecular weight excluding hydrogens is 434 g/mol. The quantitative estimate of drug-likeness (QED) is 0.428. The van der Waals surface area contributed by atoms with Gasteiger partial charge in [0.1, 0.15) is 10.7 Å². The maximum Gasteiger partial charge on any atom is 0.307 e. The summed E-state index contributed by atoms with van der Waals surface area (Å²) in [7, 11) is 0. The molecule has 7 heteroatoms. The zero-order valence-electron chi connectivity index (χ0n) is 18.5. The maximum atomic E-state index is 11.7. The molecule has 1 aliphatic rings. The van der Waals surface area contributed by atoms with E-state index in [2.05, 4.69) is 17.1 Å². The van der Waals surface area contributed by atoms with E-state index in [0.717, 1.165) is 60.7 Å².